The number of rotatable bonds is 9. The zero-order chi connectivity index (χ0) is 27.4. The molecule has 0 unspecified atom stereocenters. The number of piperidine rings is 1. The Morgan fingerprint density at radius 3 is 2.33 bits per heavy atom. The van der Waals surface area contributed by atoms with Crippen LogP contribution < -0.4 is 21.1 Å². The Bertz CT molecular complexity index is 1040. The lowest BCUT2D eigenvalue weighted by atomic mass is 9.86. The van der Waals surface area contributed by atoms with Gasteiger partial charge in [-0.3, -0.25) is 19.2 Å². The fourth-order valence-electron chi connectivity index (χ4n) is 5.49. The van der Waals surface area contributed by atoms with E-state index in [9.17, 15) is 27.6 Å². The standard InChI is InChI=1S/C23H40N6O6S/c1-22(2,3)17(27-36(34,35)28(6)7)21(33)29-11-13-15(23(13,4)5)16(29)20(32)26-14(18(24)30)10-12-8-9-25-19(12)31/h12-17,27H,8-11H2,1-7H3,(H2,24,30)(H,25,31)(H,26,32)/t12-,13-,14-,15-,16-,17+/m0/s1. The second-order valence-corrected chi connectivity index (χ2v) is 14.0. The van der Waals surface area contributed by atoms with Crippen LogP contribution in [0.25, 0.3) is 0 Å². The molecule has 0 aromatic carbocycles. The van der Waals surface area contributed by atoms with Crippen molar-refractivity contribution < 1.29 is 27.6 Å². The molecule has 0 aromatic heterocycles. The Balaban J connectivity index is 1.85. The van der Waals surface area contributed by atoms with Gasteiger partial charge in [-0.2, -0.15) is 17.4 Å². The first-order chi connectivity index (χ1) is 16.4. The van der Waals surface area contributed by atoms with Crippen molar-refractivity contribution >= 4 is 33.8 Å². The Kier molecular flexibility index (Phi) is 7.53. The van der Waals surface area contributed by atoms with Crippen molar-refractivity contribution in [3.05, 3.63) is 0 Å². The van der Waals surface area contributed by atoms with E-state index in [-0.39, 0.29) is 29.6 Å². The Labute approximate surface area is 213 Å². The molecule has 1 aliphatic carbocycles. The molecule has 0 radical (unpaired) electrons. The van der Waals surface area contributed by atoms with Crippen LogP contribution >= 0.6 is 0 Å². The van der Waals surface area contributed by atoms with Crippen molar-refractivity contribution in [3.8, 4) is 0 Å². The zero-order valence-corrected chi connectivity index (χ0v) is 22.9. The minimum Gasteiger partial charge on any atom is -0.368 e. The lowest BCUT2D eigenvalue weighted by Crippen LogP contribution is -2.61. The first kappa shape index (κ1) is 28.3. The maximum Gasteiger partial charge on any atom is 0.279 e. The third kappa shape index (κ3) is 5.37. The van der Waals surface area contributed by atoms with Crippen molar-refractivity contribution in [1.82, 2.24) is 24.6 Å². The second kappa shape index (κ2) is 9.56. The lowest BCUT2D eigenvalue weighted by Gasteiger charge is -2.38. The quantitative estimate of drug-likeness (QED) is 0.292. The number of amides is 4. The van der Waals surface area contributed by atoms with Gasteiger partial charge in [0.2, 0.25) is 23.6 Å². The molecule has 4 amide bonds. The summed E-state index contributed by atoms with van der Waals surface area (Å²) in [6.07, 6.45) is 0.627. The van der Waals surface area contributed by atoms with E-state index in [0.717, 1.165) is 4.31 Å². The molecule has 3 aliphatic rings. The van der Waals surface area contributed by atoms with Gasteiger partial charge in [0.25, 0.3) is 10.2 Å². The average molecular weight is 529 g/mol. The topological polar surface area (TPSA) is 171 Å². The van der Waals surface area contributed by atoms with E-state index in [2.05, 4.69) is 15.4 Å². The van der Waals surface area contributed by atoms with Gasteiger partial charge in [0.15, 0.2) is 0 Å². The lowest BCUT2D eigenvalue weighted by molar-refractivity contribution is -0.144. The molecule has 0 aromatic rings. The maximum atomic E-state index is 13.8. The fourth-order valence-corrected chi connectivity index (χ4v) is 6.45. The maximum absolute atomic E-state index is 13.8. The predicted molar refractivity (Wildman–Crippen MR) is 132 cm³/mol. The van der Waals surface area contributed by atoms with Crippen molar-refractivity contribution in [2.75, 3.05) is 27.2 Å². The number of likely N-dealkylation sites (tertiary alicyclic amines) is 1. The van der Waals surface area contributed by atoms with Gasteiger partial charge in [0.1, 0.15) is 18.1 Å². The molecule has 204 valence electrons. The highest BCUT2D eigenvalue weighted by atomic mass is 32.2. The minimum atomic E-state index is -3.93. The molecule has 0 spiro atoms. The summed E-state index contributed by atoms with van der Waals surface area (Å²) in [5, 5.41) is 5.40. The third-order valence-corrected chi connectivity index (χ3v) is 9.46. The monoisotopic (exact) mass is 528 g/mol. The Morgan fingerprint density at radius 1 is 1.25 bits per heavy atom. The van der Waals surface area contributed by atoms with Crippen LogP contribution in [-0.2, 0) is 29.4 Å². The van der Waals surface area contributed by atoms with Gasteiger partial charge in [-0.1, -0.05) is 34.6 Å². The van der Waals surface area contributed by atoms with E-state index >= 15 is 0 Å². The molecule has 1 saturated carbocycles. The molecule has 36 heavy (non-hydrogen) atoms. The van der Waals surface area contributed by atoms with E-state index in [1.165, 1.54) is 19.0 Å². The van der Waals surface area contributed by atoms with Crippen LogP contribution in [0.1, 0.15) is 47.5 Å². The number of hydrogen-bond donors (Lipinski definition) is 4. The van der Waals surface area contributed by atoms with Gasteiger partial charge in [-0.25, -0.2) is 0 Å². The molecule has 0 bridgehead atoms. The van der Waals surface area contributed by atoms with E-state index in [0.29, 0.717) is 19.5 Å². The summed E-state index contributed by atoms with van der Waals surface area (Å²) in [5.74, 6) is -2.46. The molecule has 12 nitrogen and oxygen atoms in total. The van der Waals surface area contributed by atoms with Crippen LogP contribution in [0.15, 0.2) is 0 Å². The number of nitrogens with zero attached hydrogens (tertiary/aromatic N) is 2. The summed E-state index contributed by atoms with van der Waals surface area (Å²) >= 11 is 0. The van der Waals surface area contributed by atoms with Crippen molar-refractivity contribution in [2.24, 2.45) is 34.3 Å². The summed E-state index contributed by atoms with van der Waals surface area (Å²) in [7, 11) is -1.20. The molecule has 13 heteroatoms. The van der Waals surface area contributed by atoms with E-state index in [1.54, 1.807) is 20.8 Å². The molecular weight excluding hydrogens is 488 g/mol. The highest BCUT2D eigenvalue weighted by Crippen LogP contribution is 2.65. The van der Waals surface area contributed by atoms with Crippen molar-refractivity contribution in [2.45, 2.75) is 65.6 Å². The van der Waals surface area contributed by atoms with Gasteiger partial charge in [-0.15, -0.1) is 0 Å². The number of primary amides is 1. The summed E-state index contributed by atoms with van der Waals surface area (Å²) in [5.41, 5.74) is 4.59. The molecule has 2 saturated heterocycles. The minimum absolute atomic E-state index is 0.0657. The van der Waals surface area contributed by atoms with Crippen LogP contribution in [0, 0.1) is 28.6 Å². The molecule has 3 fully saturated rings. The molecule has 5 N–H and O–H groups in total. The summed E-state index contributed by atoms with van der Waals surface area (Å²) in [6, 6.07) is -3.06. The highest BCUT2D eigenvalue weighted by molar-refractivity contribution is 7.87. The van der Waals surface area contributed by atoms with Gasteiger partial charge in [0.05, 0.1) is 0 Å². The summed E-state index contributed by atoms with van der Waals surface area (Å²) in [4.78, 5) is 52.9. The zero-order valence-electron chi connectivity index (χ0n) is 22.1. The van der Waals surface area contributed by atoms with Crippen molar-refractivity contribution in [1.29, 1.82) is 0 Å². The number of carbonyl (C=O) groups is 4. The van der Waals surface area contributed by atoms with E-state index in [1.807, 2.05) is 13.8 Å². The average Bonchev–Trinajstić information content (AvgIpc) is 3.09. The molecular formula is C23H40N6O6S. The highest BCUT2D eigenvalue weighted by Gasteiger charge is 2.70. The molecule has 2 heterocycles. The Hall–Kier alpha value is -2.25. The largest absolute Gasteiger partial charge is 0.368 e. The third-order valence-electron chi connectivity index (χ3n) is 7.96. The summed E-state index contributed by atoms with van der Waals surface area (Å²) in [6.45, 7) is 10.1. The predicted octanol–water partition coefficient (Wildman–Crippen LogP) is -1.22. The molecule has 6 atom stereocenters. The van der Waals surface area contributed by atoms with Crippen LogP contribution in [-0.4, -0.2) is 86.6 Å². The Morgan fingerprint density at radius 2 is 1.86 bits per heavy atom. The van der Waals surface area contributed by atoms with Crippen LogP contribution in [0.3, 0.4) is 0 Å². The van der Waals surface area contributed by atoms with Crippen LogP contribution in [0.4, 0.5) is 0 Å². The summed E-state index contributed by atoms with van der Waals surface area (Å²) < 4.78 is 28.7. The van der Waals surface area contributed by atoms with Crippen molar-refractivity contribution in [3.63, 3.8) is 0 Å². The van der Waals surface area contributed by atoms with Gasteiger partial charge < -0.3 is 21.3 Å². The number of hydrogen-bond acceptors (Lipinski definition) is 6. The van der Waals surface area contributed by atoms with Crippen LogP contribution in [0.2, 0.25) is 0 Å². The van der Waals surface area contributed by atoms with E-state index < -0.39 is 57.4 Å². The van der Waals surface area contributed by atoms with E-state index in [4.69, 9.17) is 5.73 Å². The number of nitrogens with one attached hydrogen (secondary N) is 3. The van der Waals surface area contributed by atoms with Gasteiger partial charge in [-0.05, 0) is 35.5 Å². The number of nitrogens with two attached hydrogens (primary N) is 1. The first-order valence-electron chi connectivity index (χ1n) is 12.3. The normalized spacial score (nSPS) is 28.9. The number of carbonyl (C=O) groups excluding carboxylic acids is 4. The second-order valence-electron chi connectivity index (χ2n) is 12.1. The van der Waals surface area contributed by atoms with Gasteiger partial charge >= 0.3 is 0 Å². The van der Waals surface area contributed by atoms with Gasteiger partial charge in [0, 0.05) is 33.1 Å². The number of fused-ring (bicyclic) bond motifs is 1. The molecule has 2 aliphatic heterocycles. The fraction of sp³-hybridized carbons (Fsp3) is 0.826. The SMILES string of the molecule is CN(C)S(=O)(=O)N[C@H](C(=O)N1C[C@H]2[C@@H]([C@H]1C(=O)N[C@@H](C[C@@H]1CCNC1=O)C(N)=O)C2(C)C)C(C)(C)C. The molecule has 3 rings (SSSR count). The smallest absolute Gasteiger partial charge is 0.279 e. The first-order valence-corrected chi connectivity index (χ1v) is 13.7. The van der Waals surface area contributed by atoms with Crippen LogP contribution in [0.5, 0.6) is 0 Å².